The number of benzene rings is 2. The number of thioether (sulfide) groups is 1. The van der Waals surface area contributed by atoms with Crippen molar-refractivity contribution in [3.05, 3.63) is 82.4 Å². The lowest BCUT2D eigenvalue weighted by molar-refractivity contribution is -0.154. The van der Waals surface area contributed by atoms with Crippen molar-refractivity contribution in [2.24, 2.45) is 11.3 Å². The van der Waals surface area contributed by atoms with Crippen LogP contribution in [-0.2, 0) is 4.79 Å². The number of carbonyl (C=O) groups excluding carboxylic acids is 1. The third-order valence-corrected chi connectivity index (χ3v) is 10.3. The Kier molecular flexibility index (Phi) is 9.18. The van der Waals surface area contributed by atoms with Crippen LogP contribution in [0.5, 0.6) is 0 Å². The Labute approximate surface area is 231 Å². The molecule has 1 saturated carbocycles. The topological polar surface area (TPSA) is 20.3 Å². The van der Waals surface area contributed by atoms with Gasteiger partial charge in [-0.2, -0.15) is 11.8 Å². The molecule has 36 heavy (non-hydrogen) atoms. The van der Waals surface area contributed by atoms with Crippen molar-refractivity contribution in [2.45, 2.75) is 82.5 Å². The van der Waals surface area contributed by atoms with E-state index in [1.807, 2.05) is 30.3 Å². The van der Waals surface area contributed by atoms with Crippen LogP contribution >= 0.6 is 35.0 Å². The fraction of sp³-hybridized carbons (Fsp3) is 0.516. The Hall–Kier alpha value is -1.42. The van der Waals surface area contributed by atoms with Crippen LogP contribution < -0.4 is 0 Å². The maximum absolute atomic E-state index is 14.5. The third-order valence-electron chi connectivity index (χ3n) is 8.12. The number of carbonyl (C=O) groups is 1. The van der Waals surface area contributed by atoms with E-state index in [0.29, 0.717) is 22.6 Å². The minimum absolute atomic E-state index is 0.0565. The number of hydrogen-bond donors (Lipinski definition) is 0. The Balaban J connectivity index is 1.84. The predicted octanol–water partition coefficient (Wildman–Crippen LogP) is 9.33. The largest absolute Gasteiger partial charge is 0.330 e. The fourth-order valence-corrected chi connectivity index (χ4v) is 7.63. The molecular formula is C31H39Cl2NOS. The molecule has 2 nitrogen and oxygen atoms in total. The number of halogens is 2. The molecule has 4 atom stereocenters. The number of piperidine rings is 1. The highest BCUT2D eigenvalue weighted by Crippen LogP contribution is 2.54. The fourth-order valence-electron chi connectivity index (χ4n) is 5.94. The zero-order valence-electron chi connectivity index (χ0n) is 21.8. The predicted molar refractivity (Wildman–Crippen MR) is 156 cm³/mol. The molecule has 0 unspecified atom stereocenters. The van der Waals surface area contributed by atoms with Crippen molar-refractivity contribution in [3.63, 3.8) is 0 Å². The van der Waals surface area contributed by atoms with Gasteiger partial charge in [0, 0.05) is 33.0 Å². The molecule has 1 amide bonds. The summed E-state index contributed by atoms with van der Waals surface area (Å²) in [4.78, 5) is 16.8. The van der Waals surface area contributed by atoms with Crippen molar-refractivity contribution in [2.75, 3.05) is 5.75 Å². The molecule has 0 spiro atoms. The van der Waals surface area contributed by atoms with Gasteiger partial charge in [-0.05, 0) is 79.8 Å². The van der Waals surface area contributed by atoms with Gasteiger partial charge in [-0.3, -0.25) is 4.79 Å². The summed E-state index contributed by atoms with van der Waals surface area (Å²) >= 11 is 14.9. The molecule has 2 aromatic rings. The van der Waals surface area contributed by atoms with Crippen LogP contribution in [0.25, 0.3) is 0 Å². The first-order chi connectivity index (χ1) is 17.3. The SMILES string of the molecule is C=CC[C@@]1(C)C[C@H](c2cccc(Cl)c2)[C@@H](c2ccc(Cl)cc2)N([C@H](CSC(CC)CC)C2CC2)C1=O. The second-order valence-corrected chi connectivity index (χ2v) is 13.0. The minimum Gasteiger partial charge on any atom is -0.330 e. The summed E-state index contributed by atoms with van der Waals surface area (Å²) in [6.45, 7) is 10.7. The highest BCUT2D eigenvalue weighted by atomic mass is 35.5. The summed E-state index contributed by atoms with van der Waals surface area (Å²) in [7, 11) is 0. The van der Waals surface area contributed by atoms with Gasteiger partial charge >= 0.3 is 0 Å². The van der Waals surface area contributed by atoms with Crippen LogP contribution in [0, 0.1) is 11.3 Å². The van der Waals surface area contributed by atoms with E-state index in [-0.39, 0.29) is 23.9 Å². The molecule has 1 heterocycles. The molecule has 0 N–H and O–H groups in total. The second-order valence-electron chi connectivity index (χ2n) is 10.8. The van der Waals surface area contributed by atoms with Gasteiger partial charge in [-0.15, -0.1) is 6.58 Å². The number of amides is 1. The third kappa shape index (κ3) is 6.00. The number of allylic oxidation sites excluding steroid dienone is 1. The summed E-state index contributed by atoms with van der Waals surface area (Å²) in [6, 6.07) is 16.5. The number of hydrogen-bond acceptors (Lipinski definition) is 2. The smallest absolute Gasteiger partial charge is 0.229 e. The normalized spacial score (nSPS) is 25.3. The van der Waals surface area contributed by atoms with Crippen molar-refractivity contribution in [1.82, 2.24) is 4.90 Å². The zero-order valence-corrected chi connectivity index (χ0v) is 24.1. The first-order valence-electron chi connectivity index (χ1n) is 13.4. The van der Waals surface area contributed by atoms with E-state index >= 15 is 0 Å². The maximum atomic E-state index is 14.5. The molecule has 1 aliphatic carbocycles. The Morgan fingerprint density at radius 3 is 2.36 bits per heavy atom. The first kappa shape index (κ1) is 27.6. The molecule has 0 bridgehead atoms. The van der Waals surface area contributed by atoms with Gasteiger partial charge in [0.15, 0.2) is 0 Å². The molecule has 0 radical (unpaired) electrons. The van der Waals surface area contributed by atoms with E-state index in [0.717, 1.165) is 35.6 Å². The van der Waals surface area contributed by atoms with Gasteiger partial charge in [0.2, 0.25) is 5.91 Å². The lowest BCUT2D eigenvalue weighted by atomic mass is 9.67. The molecule has 194 valence electrons. The van der Waals surface area contributed by atoms with E-state index < -0.39 is 5.41 Å². The Morgan fingerprint density at radius 2 is 1.78 bits per heavy atom. The van der Waals surface area contributed by atoms with Crippen LogP contribution in [0.15, 0.2) is 61.2 Å². The Morgan fingerprint density at radius 1 is 1.08 bits per heavy atom. The van der Waals surface area contributed by atoms with Crippen LogP contribution in [0.3, 0.4) is 0 Å². The number of nitrogens with zero attached hydrogens (tertiary/aromatic N) is 1. The van der Waals surface area contributed by atoms with Crippen molar-refractivity contribution >= 4 is 40.9 Å². The maximum Gasteiger partial charge on any atom is 0.229 e. The summed E-state index contributed by atoms with van der Waals surface area (Å²) in [6.07, 6.45) is 8.07. The summed E-state index contributed by atoms with van der Waals surface area (Å²) in [5, 5.41) is 2.08. The monoisotopic (exact) mass is 543 g/mol. The van der Waals surface area contributed by atoms with E-state index in [1.165, 1.54) is 18.4 Å². The van der Waals surface area contributed by atoms with Gasteiger partial charge in [0.25, 0.3) is 0 Å². The van der Waals surface area contributed by atoms with Crippen LogP contribution in [0.4, 0.5) is 0 Å². The summed E-state index contributed by atoms with van der Waals surface area (Å²) in [5.41, 5.74) is 1.85. The zero-order chi connectivity index (χ0) is 25.9. The minimum atomic E-state index is -0.496. The molecule has 1 saturated heterocycles. The quantitative estimate of drug-likeness (QED) is 0.263. The summed E-state index contributed by atoms with van der Waals surface area (Å²) < 4.78 is 0. The van der Waals surface area contributed by atoms with Gasteiger partial charge in [-0.1, -0.05) is 74.3 Å². The Bertz CT molecular complexity index is 1050. The molecule has 0 aromatic heterocycles. The van der Waals surface area contributed by atoms with E-state index in [4.69, 9.17) is 23.2 Å². The van der Waals surface area contributed by atoms with Gasteiger partial charge in [0.1, 0.15) is 0 Å². The van der Waals surface area contributed by atoms with Gasteiger partial charge < -0.3 is 4.90 Å². The average Bonchev–Trinajstić information content (AvgIpc) is 3.70. The molecule has 2 fully saturated rings. The molecule has 2 aromatic carbocycles. The van der Waals surface area contributed by atoms with Crippen molar-refractivity contribution < 1.29 is 4.79 Å². The van der Waals surface area contributed by atoms with Gasteiger partial charge in [-0.25, -0.2) is 0 Å². The summed E-state index contributed by atoms with van der Waals surface area (Å²) in [5.74, 6) is 1.95. The lowest BCUT2D eigenvalue weighted by Crippen LogP contribution is -2.57. The van der Waals surface area contributed by atoms with E-state index in [1.54, 1.807) is 0 Å². The van der Waals surface area contributed by atoms with Crippen LogP contribution in [0.1, 0.15) is 82.4 Å². The molecule has 1 aliphatic heterocycles. The average molecular weight is 545 g/mol. The van der Waals surface area contributed by atoms with E-state index in [9.17, 15) is 4.79 Å². The van der Waals surface area contributed by atoms with E-state index in [2.05, 4.69) is 68.3 Å². The van der Waals surface area contributed by atoms with Crippen molar-refractivity contribution in [3.8, 4) is 0 Å². The standard InChI is InChI=1S/C31H39Cl2NOS/c1-5-17-31(4)19-27(23-9-8-10-25(33)18-23)29(22-13-15-24(32)16-14-22)34(30(31)35)28(21-11-12-21)20-36-26(6-2)7-3/h5,8-10,13-16,18,21,26-29H,1,6-7,11-12,17,19-20H2,2-4H3/t27-,28-,29-,31+/m1/s1. The first-order valence-corrected chi connectivity index (χ1v) is 15.2. The second kappa shape index (κ2) is 12.0. The lowest BCUT2D eigenvalue weighted by Gasteiger charge is -2.52. The highest BCUT2D eigenvalue weighted by Gasteiger charge is 2.53. The van der Waals surface area contributed by atoms with Crippen molar-refractivity contribution in [1.29, 1.82) is 0 Å². The molecule has 4 rings (SSSR count). The molecule has 2 aliphatic rings. The molecule has 5 heteroatoms. The van der Waals surface area contributed by atoms with Crippen LogP contribution in [0.2, 0.25) is 10.0 Å². The highest BCUT2D eigenvalue weighted by molar-refractivity contribution is 7.99. The number of likely N-dealkylation sites (tertiary alicyclic amines) is 1. The van der Waals surface area contributed by atoms with Gasteiger partial charge in [0.05, 0.1) is 11.5 Å². The molecular weight excluding hydrogens is 505 g/mol. The number of rotatable bonds is 11. The van der Waals surface area contributed by atoms with Crippen LogP contribution in [-0.4, -0.2) is 27.9 Å².